The lowest BCUT2D eigenvalue weighted by Gasteiger charge is -2.07. The predicted octanol–water partition coefficient (Wildman–Crippen LogP) is 3.43. The highest BCUT2D eigenvalue weighted by atomic mass is 16.3. The third-order valence-corrected chi connectivity index (χ3v) is 3.55. The molecule has 4 heteroatoms. The Morgan fingerprint density at radius 3 is 2.64 bits per heavy atom. The van der Waals surface area contributed by atoms with Crippen LogP contribution in [-0.2, 0) is 11.3 Å². The van der Waals surface area contributed by atoms with Crippen LogP contribution in [0, 0.1) is 32.1 Å². The van der Waals surface area contributed by atoms with Gasteiger partial charge in [-0.1, -0.05) is 12.1 Å². The summed E-state index contributed by atoms with van der Waals surface area (Å²) < 4.78 is 5.15. The largest absolute Gasteiger partial charge is 0.467 e. The number of rotatable bonds is 4. The molecule has 2 aromatic rings. The number of furan rings is 1. The summed E-state index contributed by atoms with van der Waals surface area (Å²) in [5, 5.41) is 11.9. The van der Waals surface area contributed by atoms with Crippen LogP contribution < -0.4 is 5.32 Å². The van der Waals surface area contributed by atoms with Crippen LogP contribution in [0.1, 0.15) is 28.0 Å². The van der Waals surface area contributed by atoms with Gasteiger partial charge in [0.2, 0.25) is 0 Å². The Balaban J connectivity index is 2.18. The SMILES string of the molecule is Cc1cc(C)c(/C=C(\C#N)C(=O)NCc2ccco2)cc1C. The van der Waals surface area contributed by atoms with Crippen molar-refractivity contribution in [3.8, 4) is 6.07 Å². The van der Waals surface area contributed by atoms with Crippen molar-refractivity contribution < 1.29 is 9.21 Å². The van der Waals surface area contributed by atoms with E-state index >= 15 is 0 Å². The Morgan fingerprint density at radius 1 is 1.27 bits per heavy atom. The van der Waals surface area contributed by atoms with Crippen molar-refractivity contribution in [1.29, 1.82) is 5.26 Å². The highest BCUT2D eigenvalue weighted by Crippen LogP contribution is 2.18. The van der Waals surface area contributed by atoms with Gasteiger partial charge in [0.15, 0.2) is 0 Å². The highest BCUT2D eigenvalue weighted by Gasteiger charge is 2.10. The molecule has 0 aliphatic rings. The highest BCUT2D eigenvalue weighted by molar-refractivity contribution is 6.01. The van der Waals surface area contributed by atoms with Gasteiger partial charge < -0.3 is 9.73 Å². The molecule has 0 atom stereocenters. The average molecular weight is 294 g/mol. The number of benzene rings is 1. The van der Waals surface area contributed by atoms with Crippen molar-refractivity contribution in [1.82, 2.24) is 5.32 Å². The molecule has 0 saturated carbocycles. The lowest BCUT2D eigenvalue weighted by molar-refractivity contribution is -0.117. The van der Waals surface area contributed by atoms with Gasteiger partial charge in [0.1, 0.15) is 17.4 Å². The molecule has 0 fully saturated rings. The fourth-order valence-electron chi connectivity index (χ4n) is 2.12. The summed E-state index contributed by atoms with van der Waals surface area (Å²) in [6, 6.07) is 9.52. The second kappa shape index (κ2) is 6.77. The molecule has 0 saturated heterocycles. The van der Waals surface area contributed by atoms with Crippen molar-refractivity contribution in [2.75, 3.05) is 0 Å². The molecular formula is C18H18N2O2. The van der Waals surface area contributed by atoms with E-state index in [-0.39, 0.29) is 12.1 Å². The molecule has 1 aromatic carbocycles. The van der Waals surface area contributed by atoms with Crippen LogP contribution in [0.5, 0.6) is 0 Å². The quantitative estimate of drug-likeness (QED) is 0.694. The van der Waals surface area contributed by atoms with E-state index in [2.05, 4.69) is 11.4 Å². The Morgan fingerprint density at radius 2 is 2.00 bits per heavy atom. The third kappa shape index (κ3) is 3.64. The van der Waals surface area contributed by atoms with E-state index < -0.39 is 5.91 Å². The van der Waals surface area contributed by atoms with E-state index in [4.69, 9.17) is 4.42 Å². The molecule has 0 bridgehead atoms. The van der Waals surface area contributed by atoms with Crippen molar-refractivity contribution in [2.45, 2.75) is 27.3 Å². The molecule has 2 rings (SSSR count). The number of hydrogen-bond donors (Lipinski definition) is 1. The third-order valence-electron chi connectivity index (χ3n) is 3.55. The number of amides is 1. The maximum absolute atomic E-state index is 12.1. The van der Waals surface area contributed by atoms with E-state index in [0.29, 0.717) is 5.76 Å². The molecule has 1 aromatic heterocycles. The molecule has 22 heavy (non-hydrogen) atoms. The fourth-order valence-corrected chi connectivity index (χ4v) is 2.12. The van der Waals surface area contributed by atoms with E-state index in [9.17, 15) is 10.1 Å². The molecule has 0 spiro atoms. The molecule has 1 heterocycles. The van der Waals surface area contributed by atoms with E-state index in [1.807, 2.05) is 32.9 Å². The first-order valence-electron chi connectivity index (χ1n) is 7.01. The van der Waals surface area contributed by atoms with Gasteiger partial charge in [0.05, 0.1) is 12.8 Å². The van der Waals surface area contributed by atoms with Gasteiger partial charge in [-0.15, -0.1) is 0 Å². The van der Waals surface area contributed by atoms with Gasteiger partial charge in [-0.05, 0) is 61.2 Å². The number of aryl methyl sites for hydroxylation is 3. The van der Waals surface area contributed by atoms with Gasteiger partial charge in [-0.3, -0.25) is 4.79 Å². The Labute approximate surface area is 130 Å². The molecular weight excluding hydrogens is 276 g/mol. The molecule has 0 radical (unpaired) electrons. The van der Waals surface area contributed by atoms with Crippen LogP contribution in [0.4, 0.5) is 0 Å². The summed E-state index contributed by atoms with van der Waals surface area (Å²) in [5.41, 5.74) is 4.32. The summed E-state index contributed by atoms with van der Waals surface area (Å²) in [4.78, 5) is 12.1. The van der Waals surface area contributed by atoms with Crippen LogP contribution in [-0.4, -0.2) is 5.91 Å². The van der Waals surface area contributed by atoms with Crippen LogP contribution in [0.15, 0.2) is 40.5 Å². The summed E-state index contributed by atoms with van der Waals surface area (Å²) in [5.74, 6) is 0.240. The normalized spacial score (nSPS) is 11.1. The van der Waals surface area contributed by atoms with Crippen LogP contribution in [0.25, 0.3) is 6.08 Å². The van der Waals surface area contributed by atoms with Gasteiger partial charge in [-0.25, -0.2) is 0 Å². The van der Waals surface area contributed by atoms with Crippen LogP contribution in [0.2, 0.25) is 0 Å². The maximum Gasteiger partial charge on any atom is 0.262 e. The lowest BCUT2D eigenvalue weighted by atomic mass is 9.99. The predicted molar refractivity (Wildman–Crippen MR) is 84.8 cm³/mol. The number of hydrogen-bond acceptors (Lipinski definition) is 3. The van der Waals surface area contributed by atoms with E-state index in [0.717, 1.165) is 16.7 Å². The second-order valence-corrected chi connectivity index (χ2v) is 5.22. The topological polar surface area (TPSA) is 66.0 Å². The zero-order valence-corrected chi connectivity index (χ0v) is 12.9. The molecule has 1 amide bonds. The van der Waals surface area contributed by atoms with Crippen LogP contribution in [0.3, 0.4) is 0 Å². The number of nitriles is 1. The summed E-state index contributed by atoms with van der Waals surface area (Å²) in [6.07, 6.45) is 3.17. The maximum atomic E-state index is 12.1. The summed E-state index contributed by atoms with van der Waals surface area (Å²) >= 11 is 0. The Bertz CT molecular complexity index is 750. The molecule has 4 nitrogen and oxygen atoms in total. The Hall–Kier alpha value is -2.80. The number of nitrogens with zero attached hydrogens (tertiary/aromatic N) is 1. The molecule has 112 valence electrons. The number of carbonyl (C=O) groups is 1. The number of carbonyl (C=O) groups excluding carboxylic acids is 1. The second-order valence-electron chi connectivity index (χ2n) is 5.22. The van der Waals surface area contributed by atoms with Crippen molar-refractivity contribution >= 4 is 12.0 Å². The average Bonchev–Trinajstić information content (AvgIpc) is 3.00. The zero-order chi connectivity index (χ0) is 16.1. The lowest BCUT2D eigenvalue weighted by Crippen LogP contribution is -2.23. The minimum atomic E-state index is -0.406. The van der Waals surface area contributed by atoms with Crippen molar-refractivity contribution in [2.24, 2.45) is 0 Å². The molecule has 0 aliphatic heterocycles. The van der Waals surface area contributed by atoms with Gasteiger partial charge in [0, 0.05) is 0 Å². The van der Waals surface area contributed by atoms with Crippen molar-refractivity contribution in [3.05, 3.63) is 64.1 Å². The molecule has 0 unspecified atom stereocenters. The Kier molecular flexibility index (Phi) is 4.80. The fraction of sp³-hybridized carbons (Fsp3) is 0.222. The van der Waals surface area contributed by atoms with Crippen LogP contribution >= 0.6 is 0 Å². The van der Waals surface area contributed by atoms with Gasteiger partial charge in [0.25, 0.3) is 5.91 Å². The minimum Gasteiger partial charge on any atom is -0.467 e. The first-order valence-corrected chi connectivity index (χ1v) is 7.01. The van der Waals surface area contributed by atoms with E-state index in [1.165, 1.54) is 5.56 Å². The van der Waals surface area contributed by atoms with Gasteiger partial charge in [-0.2, -0.15) is 5.26 Å². The van der Waals surface area contributed by atoms with Crippen molar-refractivity contribution in [3.63, 3.8) is 0 Å². The first-order chi connectivity index (χ1) is 10.5. The van der Waals surface area contributed by atoms with Gasteiger partial charge >= 0.3 is 0 Å². The zero-order valence-electron chi connectivity index (χ0n) is 12.9. The molecule has 0 aliphatic carbocycles. The summed E-state index contributed by atoms with van der Waals surface area (Å²) in [7, 11) is 0. The number of nitrogens with one attached hydrogen (secondary N) is 1. The monoisotopic (exact) mass is 294 g/mol. The smallest absolute Gasteiger partial charge is 0.262 e. The first kappa shape index (κ1) is 15.6. The molecule has 1 N–H and O–H groups in total. The summed E-state index contributed by atoms with van der Waals surface area (Å²) in [6.45, 7) is 6.27. The minimum absolute atomic E-state index is 0.0814. The van der Waals surface area contributed by atoms with E-state index in [1.54, 1.807) is 24.5 Å². The standard InChI is InChI=1S/C18H18N2O2/c1-12-7-14(3)15(8-13(12)2)9-16(10-19)18(21)20-11-17-5-4-6-22-17/h4-9H,11H2,1-3H3,(H,20,21)/b16-9+.